The average Bonchev–Trinajstić information content (AvgIpc) is 2.88. The molecule has 1 aliphatic carbocycles. The standard InChI is InChI=1S/C15H15BrFNS/c16-12-4-10(5-13(17)7-12)8-18-9-14-6-11-2-1-3-15(11)19-14/h4-7,18H,1-3,8-9H2. The molecule has 0 fully saturated rings. The monoisotopic (exact) mass is 339 g/mol. The Kier molecular flexibility index (Phi) is 4.01. The van der Waals surface area contributed by atoms with Gasteiger partial charge in [0.2, 0.25) is 0 Å². The van der Waals surface area contributed by atoms with Crippen LogP contribution in [0.3, 0.4) is 0 Å². The van der Waals surface area contributed by atoms with Crippen molar-refractivity contribution >= 4 is 27.3 Å². The highest BCUT2D eigenvalue weighted by molar-refractivity contribution is 9.10. The maximum Gasteiger partial charge on any atom is 0.124 e. The summed E-state index contributed by atoms with van der Waals surface area (Å²) in [6, 6.07) is 7.32. The SMILES string of the molecule is Fc1cc(Br)cc(CNCc2cc3c(s2)CCC3)c1. The molecule has 1 aliphatic rings. The Morgan fingerprint density at radius 2 is 2.05 bits per heavy atom. The van der Waals surface area contributed by atoms with Crippen molar-refractivity contribution in [2.75, 3.05) is 0 Å². The number of thiophene rings is 1. The molecule has 0 radical (unpaired) electrons. The molecule has 0 spiro atoms. The van der Waals surface area contributed by atoms with E-state index < -0.39 is 0 Å². The van der Waals surface area contributed by atoms with Crippen molar-refractivity contribution in [1.29, 1.82) is 0 Å². The average molecular weight is 340 g/mol. The quantitative estimate of drug-likeness (QED) is 0.868. The number of fused-ring (bicyclic) bond motifs is 1. The van der Waals surface area contributed by atoms with Gasteiger partial charge in [0.15, 0.2) is 0 Å². The van der Waals surface area contributed by atoms with Gasteiger partial charge in [-0.05, 0) is 54.7 Å². The maximum absolute atomic E-state index is 13.2. The second kappa shape index (κ2) is 5.73. The Balaban J connectivity index is 1.57. The van der Waals surface area contributed by atoms with E-state index in [0.29, 0.717) is 6.54 Å². The van der Waals surface area contributed by atoms with E-state index in [1.54, 1.807) is 10.9 Å². The van der Waals surface area contributed by atoms with Crippen LogP contribution in [0, 0.1) is 5.82 Å². The summed E-state index contributed by atoms with van der Waals surface area (Å²) in [5, 5.41) is 3.38. The molecule has 0 unspecified atom stereocenters. The van der Waals surface area contributed by atoms with Crippen LogP contribution in [0.4, 0.5) is 4.39 Å². The fourth-order valence-corrected chi connectivity index (χ4v) is 4.26. The summed E-state index contributed by atoms with van der Waals surface area (Å²) in [4.78, 5) is 2.95. The van der Waals surface area contributed by atoms with E-state index >= 15 is 0 Å². The minimum atomic E-state index is -0.193. The lowest BCUT2D eigenvalue weighted by molar-refractivity contribution is 0.619. The number of hydrogen-bond donors (Lipinski definition) is 1. The summed E-state index contributed by atoms with van der Waals surface area (Å²) in [6.45, 7) is 1.56. The minimum absolute atomic E-state index is 0.193. The van der Waals surface area contributed by atoms with Gasteiger partial charge in [0.25, 0.3) is 0 Å². The molecule has 1 N–H and O–H groups in total. The third-order valence-electron chi connectivity index (χ3n) is 3.35. The molecule has 1 heterocycles. The van der Waals surface area contributed by atoms with Crippen molar-refractivity contribution in [3.05, 3.63) is 55.4 Å². The van der Waals surface area contributed by atoms with E-state index in [1.165, 1.54) is 35.8 Å². The van der Waals surface area contributed by atoms with Gasteiger partial charge in [0, 0.05) is 27.3 Å². The molecule has 1 nitrogen and oxygen atoms in total. The minimum Gasteiger partial charge on any atom is -0.308 e. The normalized spacial score (nSPS) is 13.8. The molecule has 0 saturated heterocycles. The molecule has 19 heavy (non-hydrogen) atoms. The Bertz CT molecular complexity index is 552. The highest BCUT2D eigenvalue weighted by Gasteiger charge is 2.14. The molecule has 0 bridgehead atoms. The van der Waals surface area contributed by atoms with Crippen LogP contribution < -0.4 is 5.32 Å². The lowest BCUT2D eigenvalue weighted by Gasteiger charge is -2.04. The van der Waals surface area contributed by atoms with Crippen LogP contribution in [-0.4, -0.2) is 0 Å². The van der Waals surface area contributed by atoms with Gasteiger partial charge < -0.3 is 5.32 Å². The smallest absolute Gasteiger partial charge is 0.124 e. The fourth-order valence-electron chi connectivity index (χ4n) is 2.52. The van der Waals surface area contributed by atoms with Gasteiger partial charge in [0.1, 0.15) is 5.82 Å². The molecule has 0 atom stereocenters. The third kappa shape index (κ3) is 3.25. The molecular weight excluding hydrogens is 325 g/mol. The first kappa shape index (κ1) is 13.3. The van der Waals surface area contributed by atoms with Crippen LogP contribution in [0.25, 0.3) is 0 Å². The summed E-state index contributed by atoms with van der Waals surface area (Å²) in [5.41, 5.74) is 2.51. The number of nitrogens with one attached hydrogen (secondary N) is 1. The van der Waals surface area contributed by atoms with Crippen LogP contribution in [0.15, 0.2) is 28.7 Å². The summed E-state index contributed by atoms with van der Waals surface area (Å²) in [5.74, 6) is -0.193. The van der Waals surface area contributed by atoms with Crippen LogP contribution in [0.2, 0.25) is 0 Å². The predicted octanol–water partition coefficient (Wildman–Crippen LogP) is 4.43. The number of benzene rings is 1. The molecule has 0 saturated carbocycles. The molecule has 3 rings (SSSR count). The van der Waals surface area contributed by atoms with Crippen molar-refractivity contribution < 1.29 is 4.39 Å². The number of hydrogen-bond acceptors (Lipinski definition) is 2. The molecule has 4 heteroatoms. The summed E-state index contributed by atoms with van der Waals surface area (Å²) >= 11 is 5.23. The second-order valence-corrected chi connectivity index (χ2v) is 7.03. The van der Waals surface area contributed by atoms with E-state index in [1.807, 2.05) is 17.4 Å². The van der Waals surface area contributed by atoms with Gasteiger partial charge in [-0.1, -0.05) is 15.9 Å². The molecule has 2 aromatic rings. The van der Waals surface area contributed by atoms with Gasteiger partial charge in [-0.2, -0.15) is 0 Å². The van der Waals surface area contributed by atoms with Gasteiger partial charge in [-0.25, -0.2) is 4.39 Å². The van der Waals surface area contributed by atoms with E-state index in [2.05, 4.69) is 27.3 Å². The second-order valence-electron chi connectivity index (χ2n) is 4.90. The number of aryl methyl sites for hydroxylation is 2. The Morgan fingerprint density at radius 3 is 2.84 bits per heavy atom. The van der Waals surface area contributed by atoms with Crippen LogP contribution in [-0.2, 0) is 25.9 Å². The first-order chi connectivity index (χ1) is 9.20. The zero-order valence-corrected chi connectivity index (χ0v) is 12.9. The highest BCUT2D eigenvalue weighted by Crippen LogP contribution is 2.30. The summed E-state index contributed by atoms with van der Waals surface area (Å²) in [6.07, 6.45) is 3.80. The number of halogens is 2. The first-order valence-corrected chi connectivity index (χ1v) is 8.08. The largest absolute Gasteiger partial charge is 0.308 e. The molecule has 100 valence electrons. The third-order valence-corrected chi connectivity index (χ3v) is 5.04. The van der Waals surface area contributed by atoms with Crippen molar-refractivity contribution in [3.63, 3.8) is 0 Å². The molecule has 0 aliphatic heterocycles. The van der Waals surface area contributed by atoms with E-state index in [4.69, 9.17) is 0 Å². The van der Waals surface area contributed by atoms with Gasteiger partial charge >= 0.3 is 0 Å². The molecule has 1 aromatic carbocycles. The van der Waals surface area contributed by atoms with E-state index in [9.17, 15) is 4.39 Å². The van der Waals surface area contributed by atoms with Crippen LogP contribution in [0.1, 0.15) is 27.3 Å². The van der Waals surface area contributed by atoms with Crippen molar-refractivity contribution in [3.8, 4) is 0 Å². The molecule has 1 aromatic heterocycles. The van der Waals surface area contributed by atoms with Crippen molar-refractivity contribution in [1.82, 2.24) is 5.32 Å². The summed E-state index contributed by atoms with van der Waals surface area (Å²) < 4.78 is 14.0. The first-order valence-electron chi connectivity index (χ1n) is 6.47. The maximum atomic E-state index is 13.2. The van der Waals surface area contributed by atoms with E-state index in [0.717, 1.165) is 16.6 Å². The van der Waals surface area contributed by atoms with Crippen molar-refractivity contribution in [2.45, 2.75) is 32.4 Å². The number of rotatable bonds is 4. The van der Waals surface area contributed by atoms with Crippen LogP contribution in [0.5, 0.6) is 0 Å². The Morgan fingerprint density at radius 1 is 1.16 bits per heavy atom. The summed E-state index contributed by atoms with van der Waals surface area (Å²) in [7, 11) is 0. The van der Waals surface area contributed by atoms with Crippen molar-refractivity contribution in [2.24, 2.45) is 0 Å². The van der Waals surface area contributed by atoms with Gasteiger partial charge in [0.05, 0.1) is 0 Å². The molecular formula is C15H15BrFNS. The lowest BCUT2D eigenvalue weighted by atomic mass is 10.2. The predicted molar refractivity (Wildman–Crippen MR) is 81.0 cm³/mol. The topological polar surface area (TPSA) is 12.0 Å². The van der Waals surface area contributed by atoms with Crippen LogP contribution >= 0.6 is 27.3 Å². The zero-order chi connectivity index (χ0) is 13.2. The Labute approximate surface area is 125 Å². The lowest BCUT2D eigenvalue weighted by Crippen LogP contribution is -2.11. The fraction of sp³-hybridized carbons (Fsp3) is 0.333. The highest BCUT2D eigenvalue weighted by atomic mass is 79.9. The Hall–Kier alpha value is -0.710. The van der Waals surface area contributed by atoms with E-state index in [-0.39, 0.29) is 5.82 Å². The molecule has 0 amide bonds. The zero-order valence-electron chi connectivity index (χ0n) is 10.5. The van der Waals surface area contributed by atoms with Gasteiger partial charge in [-0.3, -0.25) is 0 Å². The van der Waals surface area contributed by atoms with Gasteiger partial charge in [-0.15, -0.1) is 11.3 Å².